The maximum atomic E-state index is 12.2. The van der Waals surface area contributed by atoms with Crippen LogP contribution in [0.3, 0.4) is 0 Å². The van der Waals surface area contributed by atoms with E-state index in [0.717, 1.165) is 12.9 Å². The van der Waals surface area contributed by atoms with Gasteiger partial charge >= 0.3 is 12.1 Å². The zero-order valence-corrected chi connectivity index (χ0v) is 17.7. The zero-order chi connectivity index (χ0) is 17.1. The number of rotatable bonds is 4. The summed E-state index contributed by atoms with van der Waals surface area (Å²) in [5.74, 6) is -0.471. The molecule has 0 spiro atoms. The van der Waals surface area contributed by atoms with Gasteiger partial charge in [-0.05, 0) is 70.2 Å². The molecule has 1 rings (SSSR count). The van der Waals surface area contributed by atoms with E-state index in [1.165, 1.54) is 12.0 Å². The van der Waals surface area contributed by atoms with Crippen LogP contribution in [-0.2, 0) is 20.7 Å². The monoisotopic (exact) mass is 503 g/mol. The number of thiophene rings is 1. The van der Waals surface area contributed by atoms with E-state index in [4.69, 9.17) is 9.47 Å². The molecule has 1 aromatic heterocycles. The average molecular weight is 504 g/mol. The van der Waals surface area contributed by atoms with Crippen LogP contribution in [0.2, 0.25) is 0 Å². The molecule has 0 saturated carbocycles. The number of methoxy groups -OCH3 is 1. The molecule has 0 radical (unpaired) electrons. The predicted octanol–water partition coefficient (Wildman–Crippen LogP) is 4.07. The van der Waals surface area contributed by atoms with Gasteiger partial charge in [0.05, 0.1) is 9.99 Å². The summed E-state index contributed by atoms with van der Waals surface area (Å²) in [4.78, 5) is 25.5. The highest BCUT2D eigenvalue weighted by Crippen LogP contribution is 2.31. The number of ether oxygens (including phenoxy) is 2. The van der Waals surface area contributed by atoms with Gasteiger partial charge in [-0.2, -0.15) is 0 Å². The predicted molar refractivity (Wildman–Crippen MR) is 98.2 cm³/mol. The molecular weight excluding hydrogens is 485 g/mol. The minimum atomic E-state index is -0.735. The van der Waals surface area contributed by atoms with E-state index in [2.05, 4.69) is 38.5 Å². The van der Waals surface area contributed by atoms with Crippen LogP contribution in [0, 0.1) is 2.88 Å². The third kappa shape index (κ3) is 5.38. The summed E-state index contributed by atoms with van der Waals surface area (Å²) in [6.07, 6.45) is -0.188. The first kappa shape index (κ1) is 19.7. The molecule has 1 atom stereocenters. The van der Waals surface area contributed by atoms with Gasteiger partial charge in [0.15, 0.2) is 0 Å². The van der Waals surface area contributed by atoms with Crippen molar-refractivity contribution >= 4 is 61.9 Å². The van der Waals surface area contributed by atoms with E-state index >= 15 is 0 Å². The summed E-state index contributed by atoms with van der Waals surface area (Å²) in [6, 6.07) is -0.735. The first-order chi connectivity index (χ1) is 10.1. The first-order valence-corrected chi connectivity index (χ1v) is 9.27. The third-order valence-electron chi connectivity index (χ3n) is 2.79. The molecule has 0 aliphatic heterocycles. The third-order valence-corrected chi connectivity index (χ3v) is 6.82. The standard InChI is InChI=1S/C14H19BrINO4S/c1-14(2,3)21-13(19)17(4)9(12(18)20-5)6-8-7-22-11(16)10(8)15/h7,9H,6H2,1-5H3. The second-order valence-corrected chi connectivity index (χ2v) is 9.17. The fourth-order valence-electron chi connectivity index (χ4n) is 1.67. The number of hydrogen-bond donors (Lipinski definition) is 0. The number of carbonyl (C=O) groups is 2. The van der Waals surface area contributed by atoms with Gasteiger partial charge in [-0.15, -0.1) is 11.3 Å². The molecule has 0 aliphatic carbocycles. The zero-order valence-electron chi connectivity index (χ0n) is 13.1. The Labute approximate surface area is 156 Å². The van der Waals surface area contributed by atoms with E-state index in [1.807, 2.05) is 5.38 Å². The van der Waals surface area contributed by atoms with Gasteiger partial charge in [0.2, 0.25) is 0 Å². The smallest absolute Gasteiger partial charge is 0.410 e. The van der Waals surface area contributed by atoms with E-state index < -0.39 is 23.7 Å². The molecular formula is C14H19BrINO4S. The van der Waals surface area contributed by atoms with Gasteiger partial charge in [0.25, 0.3) is 0 Å². The van der Waals surface area contributed by atoms with Crippen molar-refractivity contribution in [3.05, 3.63) is 18.3 Å². The van der Waals surface area contributed by atoms with E-state index in [0.29, 0.717) is 6.42 Å². The van der Waals surface area contributed by atoms with Crippen molar-refractivity contribution in [3.8, 4) is 0 Å². The lowest BCUT2D eigenvalue weighted by atomic mass is 10.1. The maximum Gasteiger partial charge on any atom is 0.410 e. The topological polar surface area (TPSA) is 55.8 Å². The van der Waals surface area contributed by atoms with Crippen molar-refractivity contribution in [2.24, 2.45) is 0 Å². The Kier molecular flexibility index (Phi) is 7.13. The van der Waals surface area contributed by atoms with Gasteiger partial charge < -0.3 is 9.47 Å². The second-order valence-electron chi connectivity index (χ2n) is 5.68. The summed E-state index contributed by atoms with van der Waals surface area (Å²) in [5.41, 5.74) is 0.338. The minimum absolute atomic E-state index is 0.364. The number of halogens is 2. The van der Waals surface area contributed by atoms with Crippen molar-refractivity contribution in [1.29, 1.82) is 0 Å². The van der Waals surface area contributed by atoms with Crippen molar-refractivity contribution in [1.82, 2.24) is 4.90 Å². The number of esters is 1. The van der Waals surface area contributed by atoms with Gasteiger partial charge in [0.1, 0.15) is 11.6 Å². The van der Waals surface area contributed by atoms with Crippen molar-refractivity contribution in [2.75, 3.05) is 14.2 Å². The summed E-state index contributed by atoms with van der Waals surface area (Å²) in [7, 11) is 2.85. The summed E-state index contributed by atoms with van der Waals surface area (Å²) < 4.78 is 12.2. The van der Waals surface area contributed by atoms with E-state index in [1.54, 1.807) is 39.2 Å². The van der Waals surface area contributed by atoms with Crippen LogP contribution in [0.5, 0.6) is 0 Å². The highest BCUT2D eigenvalue weighted by Gasteiger charge is 2.32. The van der Waals surface area contributed by atoms with Crippen LogP contribution in [0.4, 0.5) is 4.79 Å². The van der Waals surface area contributed by atoms with Crippen LogP contribution in [0.1, 0.15) is 26.3 Å². The van der Waals surface area contributed by atoms with Gasteiger partial charge in [-0.25, -0.2) is 9.59 Å². The van der Waals surface area contributed by atoms with Crippen molar-refractivity contribution < 1.29 is 19.1 Å². The normalized spacial score (nSPS) is 12.7. The lowest BCUT2D eigenvalue weighted by Crippen LogP contribution is -2.46. The molecule has 0 aromatic carbocycles. The molecule has 0 aliphatic rings. The maximum absolute atomic E-state index is 12.2. The van der Waals surface area contributed by atoms with Gasteiger partial charge in [0, 0.05) is 17.9 Å². The van der Waals surface area contributed by atoms with Gasteiger partial charge in [-0.3, -0.25) is 4.90 Å². The van der Waals surface area contributed by atoms with Crippen molar-refractivity contribution in [3.63, 3.8) is 0 Å². The fraction of sp³-hybridized carbons (Fsp3) is 0.571. The molecule has 1 amide bonds. The summed E-state index contributed by atoms with van der Waals surface area (Å²) >= 11 is 7.29. The minimum Gasteiger partial charge on any atom is -0.467 e. The van der Waals surface area contributed by atoms with E-state index in [-0.39, 0.29) is 0 Å². The molecule has 1 aromatic rings. The molecule has 1 unspecified atom stereocenters. The lowest BCUT2D eigenvalue weighted by Gasteiger charge is -2.29. The second kappa shape index (κ2) is 7.96. The molecule has 22 heavy (non-hydrogen) atoms. The Balaban J connectivity index is 2.95. The Morgan fingerprint density at radius 2 is 2.05 bits per heavy atom. The summed E-state index contributed by atoms with van der Waals surface area (Å²) in [5, 5.41) is 1.96. The Morgan fingerprint density at radius 3 is 2.45 bits per heavy atom. The molecule has 0 saturated heterocycles. The Hall–Kier alpha value is -0.350. The molecule has 1 heterocycles. The number of carbonyl (C=O) groups excluding carboxylic acids is 2. The fourth-order valence-corrected chi connectivity index (χ4v) is 3.80. The molecule has 5 nitrogen and oxygen atoms in total. The van der Waals surface area contributed by atoms with Crippen LogP contribution in [0.15, 0.2) is 9.85 Å². The first-order valence-electron chi connectivity index (χ1n) is 6.51. The number of likely N-dealkylation sites (N-methyl/N-ethyl adjacent to an activating group) is 1. The Bertz CT molecular complexity index is 556. The highest BCUT2D eigenvalue weighted by molar-refractivity contribution is 14.1. The number of amides is 1. The summed E-state index contributed by atoms with van der Waals surface area (Å²) in [6.45, 7) is 5.34. The molecule has 0 fully saturated rings. The number of hydrogen-bond acceptors (Lipinski definition) is 5. The lowest BCUT2D eigenvalue weighted by molar-refractivity contribution is -0.146. The largest absolute Gasteiger partial charge is 0.467 e. The van der Waals surface area contributed by atoms with Crippen LogP contribution < -0.4 is 0 Å². The van der Waals surface area contributed by atoms with Gasteiger partial charge in [-0.1, -0.05) is 0 Å². The van der Waals surface area contributed by atoms with E-state index in [9.17, 15) is 9.59 Å². The molecule has 0 bridgehead atoms. The average Bonchev–Trinajstić information content (AvgIpc) is 2.73. The quantitative estimate of drug-likeness (QED) is 0.459. The SMILES string of the molecule is COC(=O)C(Cc1csc(I)c1Br)N(C)C(=O)OC(C)(C)C. The van der Waals surface area contributed by atoms with Crippen LogP contribution in [0.25, 0.3) is 0 Å². The molecule has 0 N–H and O–H groups in total. The van der Waals surface area contributed by atoms with Crippen molar-refractivity contribution in [2.45, 2.75) is 38.8 Å². The number of nitrogens with zero attached hydrogens (tertiary/aromatic N) is 1. The Morgan fingerprint density at radius 1 is 1.45 bits per heavy atom. The molecule has 8 heteroatoms. The highest BCUT2D eigenvalue weighted by atomic mass is 127. The van der Waals surface area contributed by atoms with Crippen LogP contribution >= 0.6 is 49.9 Å². The molecule has 124 valence electrons. The van der Waals surface area contributed by atoms with Crippen LogP contribution in [-0.4, -0.2) is 42.8 Å².